The van der Waals surface area contributed by atoms with Crippen LogP contribution in [0, 0.1) is 45.9 Å². The molecular formula is C14H3Br3F4N2. The predicted molar refractivity (Wildman–Crippen MR) is 85.2 cm³/mol. The summed E-state index contributed by atoms with van der Waals surface area (Å²) in [5, 5.41) is 16.8. The third-order valence-corrected chi connectivity index (χ3v) is 4.50. The molecule has 9 heteroatoms. The van der Waals surface area contributed by atoms with Gasteiger partial charge < -0.3 is 0 Å². The molecule has 0 aliphatic carbocycles. The summed E-state index contributed by atoms with van der Waals surface area (Å²) in [6.45, 7) is 0. The topological polar surface area (TPSA) is 47.6 Å². The largest absolute Gasteiger partial charge is 0.207 e. The lowest BCUT2D eigenvalue weighted by Gasteiger charge is -2.04. The normalized spacial score (nSPS) is 9.43. The van der Waals surface area contributed by atoms with Crippen LogP contribution in [0.5, 0.6) is 0 Å². The zero-order chi connectivity index (χ0) is 17.7. The van der Waals surface area contributed by atoms with Gasteiger partial charge in [-0.15, -0.1) is 0 Å². The molecule has 0 bridgehead atoms. The van der Waals surface area contributed by atoms with E-state index in [0.717, 1.165) is 18.2 Å². The van der Waals surface area contributed by atoms with Crippen molar-refractivity contribution in [3.8, 4) is 12.1 Å². The smallest absolute Gasteiger partial charge is 0.155 e. The molecule has 0 unspecified atom stereocenters. The second-order valence-corrected chi connectivity index (χ2v) is 6.21. The van der Waals surface area contributed by atoms with Gasteiger partial charge in [-0.3, -0.25) is 0 Å². The van der Waals surface area contributed by atoms with Crippen LogP contribution in [-0.2, 0) is 0 Å². The van der Waals surface area contributed by atoms with E-state index < -0.39 is 23.3 Å². The number of halogens is 7. The van der Waals surface area contributed by atoms with Crippen molar-refractivity contribution in [2.75, 3.05) is 0 Å². The first kappa shape index (κ1) is 19.6. The van der Waals surface area contributed by atoms with E-state index in [0.29, 0.717) is 0 Å². The van der Waals surface area contributed by atoms with Crippen molar-refractivity contribution in [1.82, 2.24) is 0 Å². The van der Waals surface area contributed by atoms with Crippen LogP contribution in [0.2, 0.25) is 0 Å². The zero-order valence-corrected chi connectivity index (χ0v) is 15.5. The molecule has 118 valence electrons. The lowest BCUT2D eigenvalue weighted by molar-refractivity contribution is 0.562. The summed E-state index contributed by atoms with van der Waals surface area (Å²) in [5.74, 6) is -3.09. The van der Waals surface area contributed by atoms with Gasteiger partial charge in [-0.25, -0.2) is 17.6 Å². The number of hydrogen-bond donors (Lipinski definition) is 0. The molecule has 0 heterocycles. The number of benzene rings is 2. The van der Waals surface area contributed by atoms with Crippen molar-refractivity contribution >= 4 is 47.8 Å². The van der Waals surface area contributed by atoms with E-state index in [4.69, 9.17) is 10.5 Å². The molecule has 0 saturated carbocycles. The molecule has 2 aromatic carbocycles. The fourth-order valence-electron chi connectivity index (χ4n) is 1.32. The fourth-order valence-corrected chi connectivity index (χ4v) is 3.49. The molecule has 2 rings (SSSR count). The number of rotatable bonds is 0. The van der Waals surface area contributed by atoms with Crippen LogP contribution >= 0.6 is 47.8 Å². The number of nitriles is 2. The highest BCUT2D eigenvalue weighted by Gasteiger charge is 2.20. The average molecular weight is 515 g/mol. The fraction of sp³-hybridized carbons (Fsp3) is 0. The van der Waals surface area contributed by atoms with E-state index in [1.165, 1.54) is 0 Å². The third kappa shape index (κ3) is 4.77. The van der Waals surface area contributed by atoms with Crippen LogP contribution in [0.3, 0.4) is 0 Å². The molecule has 0 aromatic heterocycles. The Hall–Kier alpha value is -1.42. The summed E-state index contributed by atoms with van der Waals surface area (Å²) in [6.07, 6.45) is 0. The van der Waals surface area contributed by atoms with Crippen LogP contribution in [0.25, 0.3) is 0 Å². The maximum atomic E-state index is 13.1. The van der Waals surface area contributed by atoms with Crippen molar-refractivity contribution in [3.63, 3.8) is 0 Å². The van der Waals surface area contributed by atoms with Gasteiger partial charge in [0.25, 0.3) is 0 Å². The Labute approximate surface area is 153 Å². The van der Waals surface area contributed by atoms with Crippen molar-refractivity contribution in [2.45, 2.75) is 0 Å². The van der Waals surface area contributed by atoms with Gasteiger partial charge in [0.05, 0.1) is 30.6 Å². The van der Waals surface area contributed by atoms with Crippen molar-refractivity contribution < 1.29 is 17.6 Å². The summed E-state index contributed by atoms with van der Waals surface area (Å²) in [7, 11) is 0. The Balaban J connectivity index is 0.000000238. The summed E-state index contributed by atoms with van der Waals surface area (Å²) in [5.41, 5.74) is -0.101. The number of nitrogens with zero attached hydrogens (tertiary/aromatic N) is 2. The van der Waals surface area contributed by atoms with Crippen LogP contribution < -0.4 is 0 Å². The molecule has 0 aliphatic heterocycles. The van der Waals surface area contributed by atoms with Crippen LogP contribution in [0.15, 0.2) is 31.6 Å². The molecule has 0 atom stereocenters. The highest BCUT2D eigenvalue weighted by molar-refractivity contribution is 9.11. The monoisotopic (exact) mass is 512 g/mol. The van der Waals surface area contributed by atoms with E-state index in [9.17, 15) is 17.6 Å². The molecule has 2 aromatic rings. The second-order valence-electron chi connectivity index (χ2n) is 3.83. The molecule has 0 spiro atoms. The van der Waals surface area contributed by atoms with E-state index in [1.807, 2.05) is 0 Å². The lowest BCUT2D eigenvalue weighted by Crippen LogP contribution is -1.93. The first-order valence-corrected chi connectivity index (χ1v) is 7.88. The zero-order valence-electron chi connectivity index (χ0n) is 10.8. The molecule has 23 heavy (non-hydrogen) atoms. The predicted octanol–water partition coefficient (Wildman–Crippen LogP) is 5.96. The van der Waals surface area contributed by atoms with Gasteiger partial charge in [-0.1, -0.05) is 0 Å². The number of hydrogen-bond acceptors (Lipinski definition) is 2. The van der Waals surface area contributed by atoms with E-state index in [2.05, 4.69) is 47.8 Å². The highest BCUT2D eigenvalue weighted by Crippen LogP contribution is 2.35. The minimum absolute atomic E-state index is 0.00231. The summed E-state index contributed by atoms with van der Waals surface area (Å²) in [4.78, 5) is 0. The molecule has 0 aliphatic rings. The van der Waals surface area contributed by atoms with Gasteiger partial charge in [0.15, 0.2) is 11.6 Å². The summed E-state index contributed by atoms with van der Waals surface area (Å²) < 4.78 is 50.3. The molecule has 0 radical (unpaired) electrons. The van der Waals surface area contributed by atoms with Gasteiger partial charge >= 0.3 is 0 Å². The first-order chi connectivity index (χ1) is 10.7. The molecule has 0 N–H and O–H groups in total. The third-order valence-electron chi connectivity index (χ3n) is 2.31. The van der Waals surface area contributed by atoms with Gasteiger partial charge in [0, 0.05) is 6.07 Å². The molecule has 0 fully saturated rings. The van der Waals surface area contributed by atoms with Crippen LogP contribution in [0.4, 0.5) is 17.6 Å². The second kappa shape index (κ2) is 8.44. The molecule has 0 amide bonds. The minimum atomic E-state index is -0.822. The lowest BCUT2D eigenvalue weighted by atomic mass is 10.2. The van der Waals surface area contributed by atoms with E-state index >= 15 is 0 Å². The Morgan fingerprint density at radius 3 is 1.48 bits per heavy atom. The van der Waals surface area contributed by atoms with Crippen molar-refractivity contribution in [1.29, 1.82) is 10.5 Å². The quantitative estimate of drug-likeness (QED) is 0.247. The molecular weight excluding hydrogens is 512 g/mol. The van der Waals surface area contributed by atoms with Crippen molar-refractivity contribution in [3.05, 3.63) is 66.0 Å². The Bertz CT molecular complexity index is 792. The van der Waals surface area contributed by atoms with Gasteiger partial charge in [-0.2, -0.15) is 10.5 Å². The van der Waals surface area contributed by atoms with Gasteiger partial charge in [-0.05, 0) is 59.9 Å². The van der Waals surface area contributed by atoms with Crippen molar-refractivity contribution in [2.24, 2.45) is 0 Å². The summed E-state index contributed by atoms with van der Waals surface area (Å²) in [6, 6.07) is 5.98. The van der Waals surface area contributed by atoms with Crippen LogP contribution in [-0.4, -0.2) is 0 Å². The first-order valence-electron chi connectivity index (χ1n) is 5.50. The standard InChI is InChI=1S/C7Br3F2N.C7H3F2N/c8-3-2(1-13)4(9)7(12)5(10)6(3)11;8-6-1-5(4-10)2-7(9)3-6/h;1-3H. The molecule has 2 nitrogen and oxygen atoms in total. The maximum absolute atomic E-state index is 13.1. The van der Waals surface area contributed by atoms with Crippen LogP contribution in [0.1, 0.15) is 11.1 Å². The minimum Gasteiger partial charge on any atom is -0.207 e. The maximum Gasteiger partial charge on any atom is 0.155 e. The molecule has 0 saturated heterocycles. The van der Waals surface area contributed by atoms with Gasteiger partial charge in [0.1, 0.15) is 17.7 Å². The Morgan fingerprint density at radius 1 is 0.696 bits per heavy atom. The van der Waals surface area contributed by atoms with Gasteiger partial charge in [0.2, 0.25) is 0 Å². The SMILES string of the molecule is N#Cc1c(Br)c(F)c(Br)c(F)c1Br.N#Cc1cc(F)cc(F)c1. The average Bonchev–Trinajstić information content (AvgIpc) is 2.51. The van der Waals surface area contributed by atoms with E-state index in [1.54, 1.807) is 12.1 Å². The summed E-state index contributed by atoms with van der Waals surface area (Å²) >= 11 is 8.43. The Kier molecular flexibility index (Phi) is 7.20. The Morgan fingerprint density at radius 2 is 1.13 bits per heavy atom. The highest BCUT2D eigenvalue weighted by atomic mass is 79.9. The van der Waals surface area contributed by atoms with E-state index in [-0.39, 0.29) is 24.5 Å².